The molecule has 0 unspecified atom stereocenters. The molecular weight excluding hydrogens is 242 g/mol. The van der Waals surface area contributed by atoms with E-state index in [2.05, 4.69) is 0 Å². The lowest BCUT2D eigenvalue weighted by molar-refractivity contribution is 0.383. The largest absolute Gasteiger partial charge is 0.540 e. The fraction of sp³-hybridized carbons (Fsp3) is 0.333. The highest BCUT2D eigenvalue weighted by atomic mass is 28.4. The average molecular weight is 258 g/mol. The summed E-state index contributed by atoms with van der Waals surface area (Å²) in [6, 6.07) is 6.47. The lowest BCUT2D eigenvalue weighted by atomic mass is 10.2. The molecule has 2 nitrogen and oxygen atoms in total. The molecule has 0 bridgehead atoms. The predicted octanol–water partition coefficient (Wildman–Crippen LogP) is 4.11. The molecule has 0 aromatic heterocycles. The van der Waals surface area contributed by atoms with Crippen molar-refractivity contribution < 1.29 is 17.9 Å². The van der Waals surface area contributed by atoms with Gasteiger partial charge in [-0.15, -0.1) is 0 Å². The molecule has 0 atom stereocenters. The zero-order valence-electron chi connectivity index (χ0n) is 10.4. The Hall–Kier alpha value is -1.36. The lowest BCUT2D eigenvalue weighted by Crippen LogP contribution is -2.24. The van der Waals surface area contributed by atoms with Gasteiger partial charge < -0.3 is 9.16 Å². The van der Waals surface area contributed by atoms with E-state index in [1.165, 1.54) is 13.2 Å². The highest BCUT2D eigenvalue weighted by Gasteiger charge is 2.22. The van der Waals surface area contributed by atoms with Crippen molar-refractivity contribution in [3.8, 4) is 5.75 Å². The molecule has 0 saturated carbocycles. The van der Waals surface area contributed by atoms with Crippen LogP contribution in [0.25, 0.3) is 5.76 Å². The van der Waals surface area contributed by atoms with Crippen LogP contribution in [0, 0.1) is 0 Å². The van der Waals surface area contributed by atoms with Gasteiger partial charge in [-0.05, 0) is 31.8 Å². The first kappa shape index (κ1) is 13.7. The van der Waals surface area contributed by atoms with Crippen molar-refractivity contribution in [1.29, 1.82) is 0 Å². The molecule has 0 heterocycles. The van der Waals surface area contributed by atoms with Crippen LogP contribution in [0.2, 0.25) is 19.6 Å². The van der Waals surface area contributed by atoms with Crippen molar-refractivity contribution in [2.45, 2.75) is 19.6 Å². The number of methoxy groups -OCH3 is 1. The van der Waals surface area contributed by atoms with Crippen molar-refractivity contribution in [3.63, 3.8) is 0 Å². The van der Waals surface area contributed by atoms with E-state index in [9.17, 15) is 8.78 Å². The number of hydrogen-bond acceptors (Lipinski definition) is 2. The van der Waals surface area contributed by atoms with Crippen LogP contribution in [0.1, 0.15) is 5.56 Å². The third kappa shape index (κ3) is 4.18. The Kier molecular flexibility index (Phi) is 4.28. The summed E-state index contributed by atoms with van der Waals surface area (Å²) in [6.45, 7) is 5.57. The van der Waals surface area contributed by atoms with Gasteiger partial charge in [0.05, 0.1) is 7.11 Å². The molecule has 0 saturated heterocycles. The number of benzene rings is 1. The monoisotopic (exact) mass is 258 g/mol. The van der Waals surface area contributed by atoms with Gasteiger partial charge in [-0.1, -0.05) is 12.1 Å². The minimum absolute atomic E-state index is 0.340. The van der Waals surface area contributed by atoms with E-state index in [-0.39, 0.29) is 5.76 Å². The molecule has 0 amide bonds. The Labute approximate surface area is 101 Å². The van der Waals surface area contributed by atoms with Gasteiger partial charge >= 0.3 is 6.08 Å². The summed E-state index contributed by atoms with van der Waals surface area (Å²) in [6.07, 6.45) is -1.80. The van der Waals surface area contributed by atoms with E-state index in [0.717, 1.165) is 0 Å². The first-order valence-electron chi connectivity index (χ1n) is 5.22. The molecule has 1 rings (SSSR count). The summed E-state index contributed by atoms with van der Waals surface area (Å²) in [4.78, 5) is 0. The molecule has 17 heavy (non-hydrogen) atoms. The normalized spacial score (nSPS) is 10.9. The van der Waals surface area contributed by atoms with Crippen molar-refractivity contribution in [3.05, 3.63) is 35.9 Å². The Morgan fingerprint density at radius 3 is 2.29 bits per heavy atom. The van der Waals surface area contributed by atoms with Crippen molar-refractivity contribution in [2.24, 2.45) is 0 Å². The first-order chi connectivity index (χ1) is 7.83. The van der Waals surface area contributed by atoms with Crippen LogP contribution in [0.3, 0.4) is 0 Å². The second kappa shape index (κ2) is 5.31. The lowest BCUT2D eigenvalue weighted by Gasteiger charge is -2.21. The molecule has 94 valence electrons. The Morgan fingerprint density at radius 1 is 1.18 bits per heavy atom. The van der Waals surface area contributed by atoms with Gasteiger partial charge in [0.15, 0.2) is 5.76 Å². The van der Waals surface area contributed by atoms with Crippen LogP contribution in [0.4, 0.5) is 8.78 Å². The molecule has 1 aromatic carbocycles. The summed E-state index contributed by atoms with van der Waals surface area (Å²) >= 11 is 0. The Bertz CT molecular complexity index is 421. The summed E-state index contributed by atoms with van der Waals surface area (Å²) in [5.41, 5.74) is 0.340. The topological polar surface area (TPSA) is 18.5 Å². The minimum Gasteiger partial charge on any atom is -0.540 e. The maximum Gasteiger partial charge on any atom is 0.311 e. The molecule has 1 aromatic rings. The van der Waals surface area contributed by atoms with Gasteiger partial charge in [0.25, 0.3) is 0 Å². The third-order valence-electron chi connectivity index (χ3n) is 1.91. The van der Waals surface area contributed by atoms with E-state index in [4.69, 9.17) is 9.16 Å². The molecule has 0 N–H and O–H groups in total. The van der Waals surface area contributed by atoms with E-state index < -0.39 is 14.4 Å². The van der Waals surface area contributed by atoms with E-state index >= 15 is 0 Å². The van der Waals surface area contributed by atoms with Crippen molar-refractivity contribution in [2.75, 3.05) is 7.11 Å². The van der Waals surface area contributed by atoms with Gasteiger partial charge in [0.1, 0.15) is 5.75 Å². The number of rotatable bonds is 4. The fourth-order valence-electron chi connectivity index (χ4n) is 1.28. The van der Waals surface area contributed by atoms with Gasteiger partial charge in [-0.2, -0.15) is 8.78 Å². The highest BCUT2D eigenvalue weighted by molar-refractivity contribution is 6.70. The third-order valence-corrected chi connectivity index (χ3v) is 2.73. The molecule has 0 aliphatic carbocycles. The first-order valence-corrected chi connectivity index (χ1v) is 8.63. The van der Waals surface area contributed by atoms with Gasteiger partial charge in [0, 0.05) is 5.56 Å². The van der Waals surface area contributed by atoms with Crippen molar-refractivity contribution in [1.82, 2.24) is 0 Å². The molecule has 0 spiro atoms. The Balaban J connectivity index is 3.12. The molecule has 0 radical (unpaired) electrons. The van der Waals surface area contributed by atoms with E-state index in [0.29, 0.717) is 11.3 Å². The van der Waals surface area contributed by atoms with Crippen LogP contribution in [0.15, 0.2) is 30.3 Å². The quantitative estimate of drug-likeness (QED) is 0.597. The van der Waals surface area contributed by atoms with Crippen LogP contribution < -0.4 is 4.74 Å². The van der Waals surface area contributed by atoms with E-state index in [1.807, 2.05) is 19.6 Å². The van der Waals surface area contributed by atoms with Crippen LogP contribution in [-0.4, -0.2) is 15.4 Å². The minimum atomic E-state index is -2.07. The van der Waals surface area contributed by atoms with E-state index in [1.54, 1.807) is 18.2 Å². The van der Waals surface area contributed by atoms with Gasteiger partial charge in [0.2, 0.25) is 8.32 Å². The fourth-order valence-corrected chi connectivity index (χ4v) is 2.08. The van der Waals surface area contributed by atoms with Crippen LogP contribution in [-0.2, 0) is 4.43 Å². The zero-order valence-corrected chi connectivity index (χ0v) is 11.4. The summed E-state index contributed by atoms with van der Waals surface area (Å²) in [5.74, 6) is 0.184. The standard InChI is InChI=1S/C12H16F2O2Si/c1-15-10-7-5-6-9(8-10)11(12(13)14)16-17(2,3)4/h5-8H,1-4H3. The SMILES string of the molecule is COc1cccc(C(O[Si](C)(C)C)=C(F)F)c1. The average Bonchev–Trinajstić information content (AvgIpc) is 2.24. The number of hydrogen-bond donors (Lipinski definition) is 0. The molecule has 0 fully saturated rings. The van der Waals surface area contributed by atoms with Gasteiger partial charge in [-0.3, -0.25) is 0 Å². The van der Waals surface area contributed by atoms with Crippen LogP contribution >= 0.6 is 0 Å². The number of ether oxygens (including phenoxy) is 1. The second-order valence-electron chi connectivity index (χ2n) is 4.54. The second-order valence-corrected chi connectivity index (χ2v) is 8.96. The summed E-state index contributed by atoms with van der Waals surface area (Å²) in [5, 5.41) is 0. The summed E-state index contributed by atoms with van der Waals surface area (Å²) < 4.78 is 36.2. The summed E-state index contributed by atoms with van der Waals surface area (Å²) in [7, 11) is -0.578. The highest BCUT2D eigenvalue weighted by Crippen LogP contribution is 2.28. The molecule has 0 aliphatic heterocycles. The van der Waals surface area contributed by atoms with Gasteiger partial charge in [-0.25, -0.2) is 0 Å². The Morgan fingerprint density at radius 2 is 1.82 bits per heavy atom. The molecule has 5 heteroatoms. The van der Waals surface area contributed by atoms with Crippen LogP contribution in [0.5, 0.6) is 5.75 Å². The maximum atomic E-state index is 12.9. The zero-order chi connectivity index (χ0) is 13.1. The molecule has 0 aliphatic rings. The predicted molar refractivity (Wildman–Crippen MR) is 66.6 cm³/mol. The smallest absolute Gasteiger partial charge is 0.311 e. The molecular formula is C12H16F2O2Si. The maximum absolute atomic E-state index is 12.9. The van der Waals surface area contributed by atoms with Crippen molar-refractivity contribution >= 4 is 14.1 Å². The number of halogens is 2.